The van der Waals surface area contributed by atoms with E-state index in [4.69, 9.17) is 4.52 Å². The largest absolute Gasteiger partial charge is 0.372 e. The zero-order valence-corrected chi connectivity index (χ0v) is 15.3. The van der Waals surface area contributed by atoms with Gasteiger partial charge in [-0.25, -0.2) is 0 Å². The highest BCUT2D eigenvalue weighted by Gasteiger charge is 2.18. The van der Waals surface area contributed by atoms with Gasteiger partial charge >= 0.3 is 0 Å². The van der Waals surface area contributed by atoms with Crippen LogP contribution in [-0.4, -0.2) is 24.2 Å². The lowest BCUT2D eigenvalue weighted by Crippen LogP contribution is -2.21. The van der Waals surface area contributed by atoms with Gasteiger partial charge in [-0.15, -0.1) is 0 Å². The van der Waals surface area contributed by atoms with E-state index in [0.717, 1.165) is 24.3 Å². The summed E-state index contributed by atoms with van der Waals surface area (Å²) in [5, 5.41) is 7.04. The summed E-state index contributed by atoms with van der Waals surface area (Å²) >= 11 is 0. The lowest BCUT2D eigenvalue weighted by atomic mass is 10.1. The van der Waals surface area contributed by atoms with E-state index < -0.39 is 0 Å². The molecule has 1 amide bonds. The standard InChI is InChI=1S/C21H23N3O2/c1-4-24(5-2)18-13-11-17(12-14-18)21(25)22-19-15(3)26-23-20(19)16-9-7-6-8-10-16/h6-14H,4-5H2,1-3H3,(H,22,25). The van der Waals surface area contributed by atoms with Crippen LogP contribution in [0.3, 0.4) is 0 Å². The number of nitrogens with one attached hydrogen (secondary N) is 1. The van der Waals surface area contributed by atoms with E-state index in [2.05, 4.69) is 29.2 Å². The molecule has 26 heavy (non-hydrogen) atoms. The minimum atomic E-state index is -0.181. The topological polar surface area (TPSA) is 58.4 Å². The second kappa shape index (κ2) is 7.87. The summed E-state index contributed by atoms with van der Waals surface area (Å²) in [6, 6.07) is 17.3. The van der Waals surface area contributed by atoms with Crippen molar-refractivity contribution < 1.29 is 9.32 Å². The van der Waals surface area contributed by atoms with Gasteiger partial charge in [0.05, 0.1) is 0 Å². The van der Waals surface area contributed by atoms with Crippen molar-refractivity contribution in [1.82, 2.24) is 5.16 Å². The first kappa shape index (κ1) is 17.7. The number of aromatic nitrogens is 1. The predicted molar refractivity (Wildman–Crippen MR) is 105 cm³/mol. The SMILES string of the molecule is CCN(CC)c1ccc(C(=O)Nc2c(-c3ccccc3)noc2C)cc1. The quantitative estimate of drug-likeness (QED) is 0.698. The van der Waals surface area contributed by atoms with E-state index in [9.17, 15) is 4.79 Å². The molecule has 3 rings (SSSR count). The van der Waals surface area contributed by atoms with Gasteiger partial charge in [-0.2, -0.15) is 0 Å². The summed E-state index contributed by atoms with van der Waals surface area (Å²) in [6.45, 7) is 7.89. The summed E-state index contributed by atoms with van der Waals surface area (Å²) in [5.74, 6) is 0.400. The zero-order chi connectivity index (χ0) is 18.5. The molecule has 134 valence electrons. The Morgan fingerprint density at radius 1 is 1.04 bits per heavy atom. The van der Waals surface area contributed by atoms with E-state index in [1.165, 1.54) is 0 Å². The Labute approximate surface area is 153 Å². The minimum absolute atomic E-state index is 0.181. The second-order valence-corrected chi connectivity index (χ2v) is 6.00. The average Bonchev–Trinajstić information content (AvgIpc) is 3.04. The van der Waals surface area contributed by atoms with Crippen molar-refractivity contribution in [2.45, 2.75) is 20.8 Å². The summed E-state index contributed by atoms with van der Waals surface area (Å²) in [4.78, 5) is 14.9. The number of carbonyl (C=O) groups is 1. The summed E-state index contributed by atoms with van der Waals surface area (Å²) in [7, 11) is 0. The first-order valence-corrected chi connectivity index (χ1v) is 8.82. The first-order chi connectivity index (χ1) is 12.6. The van der Waals surface area contributed by atoms with Crippen LogP contribution in [0.15, 0.2) is 59.1 Å². The molecule has 2 aromatic carbocycles. The van der Waals surface area contributed by atoms with Gasteiger partial charge in [0, 0.05) is 29.9 Å². The zero-order valence-electron chi connectivity index (χ0n) is 15.3. The lowest BCUT2D eigenvalue weighted by Gasteiger charge is -2.21. The van der Waals surface area contributed by atoms with Crippen molar-refractivity contribution >= 4 is 17.3 Å². The molecule has 0 radical (unpaired) electrons. The van der Waals surface area contributed by atoms with Crippen LogP contribution < -0.4 is 10.2 Å². The number of anilines is 2. The van der Waals surface area contributed by atoms with Gasteiger partial charge in [0.1, 0.15) is 11.4 Å². The van der Waals surface area contributed by atoms with Gasteiger partial charge in [-0.1, -0.05) is 35.5 Å². The Kier molecular flexibility index (Phi) is 5.37. The van der Waals surface area contributed by atoms with Crippen molar-refractivity contribution in [2.24, 2.45) is 0 Å². The Morgan fingerprint density at radius 2 is 1.69 bits per heavy atom. The third-order valence-corrected chi connectivity index (χ3v) is 4.41. The van der Waals surface area contributed by atoms with Crippen LogP contribution in [0.25, 0.3) is 11.3 Å². The molecular weight excluding hydrogens is 326 g/mol. The molecule has 1 heterocycles. The first-order valence-electron chi connectivity index (χ1n) is 8.82. The molecule has 0 fully saturated rings. The third kappa shape index (κ3) is 3.61. The molecule has 0 spiro atoms. The maximum atomic E-state index is 12.7. The lowest BCUT2D eigenvalue weighted by molar-refractivity contribution is 0.102. The summed E-state index contributed by atoms with van der Waals surface area (Å²) in [5.41, 5.74) is 3.85. The maximum Gasteiger partial charge on any atom is 0.255 e. The van der Waals surface area contributed by atoms with Gasteiger partial charge < -0.3 is 14.7 Å². The van der Waals surface area contributed by atoms with Crippen molar-refractivity contribution in [2.75, 3.05) is 23.3 Å². The molecule has 1 aromatic heterocycles. The number of rotatable bonds is 6. The van der Waals surface area contributed by atoms with Crippen LogP contribution in [-0.2, 0) is 0 Å². The van der Waals surface area contributed by atoms with E-state index in [1.54, 1.807) is 6.92 Å². The van der Waals surface area contributed by atoms with Gasteiger partial charge in [0.25, 0.3) is 5.91 Å². The summed E-state index contributed by atoms with van der Waals surface area (Å²) < 4.78 is 5.30. The monoisotopic (exact) mass is 349 g/mol. The van der Waals surface area contributed by atoms with E-state index in [1.807, 2.05) is 54.6 Å². The van der Waals surface area contributed by atoms with Gasteiger partial charge in [0.15, 0.2) is 5.76 Å². The average molecular weight is 349 g/mol. The van der Waals surface area contributed by atoms with Gasteiger partial charge in [0.2, 0.25) is 0 Å². The highest BCUT2D eigenvalue weighted by Crippen LogP contribution is 2.30. The van der Waals surface area contributed by atoms with Crippen LogP contribution in [0.5, 0.6) is 0 Å². The Balaban J connectivity index is 1.82. The maximum absolute atomic E-state index is 12.7. The van der Waals surface area contributed by atoms with E-state index in [-0.39, 0.29) is 5.91 Å². The number of hydrogen-bond acceptors (Lipinski definition) is 4. The highest BCUT2D eigenvalue weighted by atomic mass is 16.5. The van der Waals surface area contributed by atoms with Gasteiger partial charge in [-0.3, -0.25) is 4.79 Å². The van der Waals surface area contributed by atoms with E-state index in [0.29, 0.717) is 22.7 Å². The molecule has 0 aliphatic heterocycles. The van der Waals surface area contributed by atoms with Crippen molar-refractivity contribution in [3.8, 4) is 11.3 Å². The molecule has 0 bridgehead atoms. The minimum Gasteiger partial charge on any atom is -0.372 e. The predicted octanol–water partition coefficient (Wildman–Crippen LogP) is 4.75. The van der Waals surface area contributed by atoms with E-state index >= 15 is 0 Å². The molecule has 5 nitrogen and oxygen atoms in total. The number of nitrogens with zero attached hydrogens (tertiary/aromatic N) is 2. The number of benzene rings is 2. The second-order valence-electron chi connectivity index (χ2n) is 6.00. The van der Waals surface area contributed by atoms with Crippen LogP contribution in [0.1, 0.15) is 30.0 Å². The van der Waals surface area contributed by atoms with Crippen LogP contribution in [0.4, 0.5) is 11.4 Å². The van der Waals surface area contributed by atoms with Crippen LogP contribution in [0, 0.1) is 6.92 Å². The number of aryl methyl sites for hydroxylation is 1. The fourth-order valence-electron chi connectivity index (χ4n) is 2.91. The Bertz CT molecular complexity index is 866. The molecule has 0 saturated heterocycles. The van der Waals surface area contributed by atoms with Crippen molar-refractivity contribution in [3.05, 3.63) is 65.9 Å². The van der Waals surface area contributed by atoms with Crippen LogP contribution >= 0.6 is 0 Å². The third-order valence-electron chi connectivity index (χ3n) is 4.41. The molecule has 0 aliphatic rings. The number of carbonyl (C=O) groups excluding carboxylic acids is 1. The van der Waals surface area contributed by atoms with Crippen LogP contribution in [0.2, 0.25) is 0 Å². The molecule has 0 aliphatic carbocycles. The molecule has 3 aromatic rings. The number of hydrogen-bond donors (Lipinski definition) is 1. The molecular formula is C21H23N3O2. The fraction of sp³-hybridized carbons (Fsp3) is 0.238. The molecule has 0 saturated carbocycles. The smallest absolute Gasteiger partial charge is 0.255 e. The molecule has 0 unspecified atom stereocenters. The Hall–Kier alpha value is -3.08. The fourth-order valence-corrected chi connectivity index (χ4v) is 2.91. The highest BCUT2D eigenvalue weighted by molar-refractivity contribution is 6.06. The number of amides is 1. The molecule has 1 N–H and O–H groups in total. The van der Waals surface area contributed by atoms with Crippen molar-refractivity contribution in [3.63, 3.8) is 0 Å². The normalized spacial score (nSPS) is 10.6. The molecule has 5 heteroatoms. The Morgan fingerprint density at radius 3 is 2.31 bits per heavy atom. The summed E-state index contributed by atoms with van der Waals surface area (Å²) in [6.07, 6.45) is 0. The van der Waals surface area contributed by atoms with Gasteiger partial charge in [-0.05, 0) is 45.0 Å². The van der Waals surface area contributed by atoms with Crippen molar-refractivity contribution in [1.29, 1.82) is 0 Å². The molecule has 0 atom stereocenters.